The highest BCUT2D eigenvalue weighted by Crippen LogP contribution is 2.27. The first-order valence-corrected chi connectivity index (χ1v) is 5.64. The van der Waals surface area contributed by atoms with E-state index in [0.29, 0.717) is 6.04 Å². The Labute approximate surface area is 82.5 Å². The van der Waals surface area contributed by atoms with E-state index in [1.54, 1.807) is 0 Å². The Hall–Kier alpha value is -0.0800. The Morgan fingerprint density at radius 2 is 2.15 bits per heavy atom. The summed E-state index contributed by atoms with van der Waals surface area (Å²) in [4.78, 5) is 2.50. The lowest BCUT2D eigenvalue weighted by Gasteiger charge is -2.33. The minimum Gasteiger partial charge on any atom is -0.330 e. The van der Waals surface area contributed by atoms with Crippen molar-refractivity contribution in [2.45, 2.75) is 45.1 Å². The highest BCUT2D eigenvalue weighted by atomic mass is 15.1. The van der Waals surface area contributed by atoms with Gasteiger partial charge >= 0.3 is 0 Å². The highest BCUT2D eigenvalue weighted by molar-refractivity contribution is 4.74. The number of hydrogen-bond donors (Lipinski definition) is 1. The highest BCUT2D eigenvalue weighted by Gasteiger charge is 2.20. The third-order valence-corrected chi connectivity index (χ3v) is 3.35. The van der Waals surface area contributed by atoms with Crippen LogP contribution in [-0.4, -0.2) is 31.1 Å². The molecule has 78 valence electrons. The topological polar surface area (TPSA) is 29.3 Å². The zero-order chi connectivity index (χ0) is 9.68. The van der Waals surface area contributed by atoms with Gasteiger partial charge in [-0.3, -0.25) is 0 Å². The normalized spacial score (nSPS) is 20.3. The minimum atomic E-state index is 0.712. The molecular formula is C11H24N2. The van der Waals surface area contributed by atoms with Crippen molar-refractivity contribution in [2.24, 2.45) is 11.7 Å². The molecule has 1 unspecified atom stereocenters. The van der Waals surface area contributed by atoms with Gasteiger partial charge in [-0.15, -0.1) is 0 Å². The summed E-state index contributed by atoms with van der Waals surface area (Å²) in [5.41, 5.74) is 5.50. The van der Waals surface area contributed by atoms with Crippen LogP contribution in [0.25, 0.3) is 0 Å². The van der Waals surface area contributed by atoms with Crippen LogP contribution in [0.3, 0.4) is 0 Å². The molecule has 0 aromatic heterocycles. The quantitative estimate of drug-likeness (QED) is 0.682. The summed E-state index contributed by atoms with van der Waals surface area (Å²) < 4.78 is 0. The maximum Gasteiger partial charge on any atom is 0.00644 e. The summed E-state index contributed by atoms with van der Waals surface area (Å²) in [6, 6.07) is 0.712. The third-order valence-electron chi connectivity index (χ3n) is 3.35. The Bertz CT molecular complexity index is 132. The van der Waals surface area contributed by atoms with Crippen molar-refractivity contribution in [1.82, 2.24) is 4.90 Å². The van der Waals surface area contributed by atoms with Gasteiger partial charge < -0.3 is 10.6 Å². The fraction of sp³-hybridized carbons (Fsp3) is 1.00. The van der Waals surface area contributed by atoms with Crippen molar-refractivity contribution in [1.29, 1.82) is 0 Å². The number of hydrogen-bond acceptors (Lipinski definition) is 2. The molecular weight excluding hydrogens is 160 g/mol. The van der Waals surface area contributed by atoms with Crippen LogP contribution in [0.5, 0.6) is 0 Å². The first kappa shape index (κ1) is 11.0. The van der Waals surface area contributed by atoms with Crippen LogP contribution < -0.4 is 5.73 Å². The largest absolute Gasteiger partial charge is 0.330 e. The van der Waals surface area contributed by atoms with Crippen molar-refractivity contribution < 1.29 is 0 Å². The summed E-state index contributed by atoms with van der Waals surface area (Å²) in [6.45, 7) is 4.45. The summed E-state index contributed by atoms with van der Waals surface area (Å²) in [5, 5.41) is 0. The average molecular weight is 184 g/mol. The second-order valence-corrected chi connectivity index (χ2v) is 4.52. The van der Waals surface area contributed by atoms with Crippen molar-refractivity contribution in [3.8, 4) is 0 Å². The lowest BCUT2D eigenvalue weighted by Crippen LogP contribution is -2.36. The molecule has 0 amide bonds. The first-order valence-electron chi connectivity index (χ1n) is 5.64. The molecule has 1 saturated carbocycles. The van der Waals surface area contributed by atoms with E-state index < -0.39 is 0 Å². The molecule has 0 aromatic rings. The van der Waals surface area contributed by atoms with Crippen molar-refractivity contribution in [2.75, 3.05) is 20.1 Å². The zero-order valence-electron chi connectivity index (χ0n) is 9.13. The Kier molecular flexibility index (Phi) is 4.74. The second-order valence-electron chi connectivity index (χ2n) is 4.52. The van der Waals surface area contributed by atoms with Crippen LogP contribution in [0.2, 0.25) is 0 Å². The molecule has 0 aliphatic heterocycles. The van der Waals surface area contributed by atoms with E-state index in [4.69, 9.17) is 5.73 Å². The molecule has 1 atom stereocenters. The van der Waals surface area contributed by atoms with Gasteiger partial charge in [0.25, 0.3) is 0 Å². The van der Waals surface area contributed by atoms with Gasteiger partial charge in [0.05, 0.1) is 0 Å². The Balaban J connectivity index is 2.09. The van der Waals surface area contributed by atoms with Crippen molar-refractivity contribution in [3.05, 3.63) is 0 Å². The minimum absolute atomic E-state index is 0.712. The lowest BCUT2D eigenvalue weighted by molar-refractivity contribution is 0.163. The second kappa shape index (κ2) is 5.61. The van der Waals surface area contributed by atoms with Gasteiger partial charge in [0.1, 0.15) is 0 Å². The van der Waals surface area contributed by atoms with Crippen LogP contribution in [0, 0.1) is 5.92 Å². The van der Waals surface area contributed by atoms with Crippen molar-refractivity contribution in [3.63, 3.8) is 0 Å². The molecule has 1 rings (SSSR count). The Morgan fingerprint density at radius 1 is 1.46 bits per heavy atom. The lowest BCUT2D eigenvalue weighted by atomic mass is 9.85. The van der Waals surface area contributed by atoms with E-state index in [0.717, 1.165) is 18.9 Å². The van der Waals surface area contributed by atoms with Gasteiger partial charge in [0, 0.05) is 12.6 Å². The van der Waals surface area contributed by atoms with Crippen LogP contribution in [-0.2, 0) is 0 Å². The molecule has 0 heterocycles. The number of nitrogens with two attached hydrogens (primary N) is 1. The molecule has 0 radical (unpaired) electrons. The van der Waals surface area contributed by atoms with Gasteiger partial charge in [0.15, 0.2) is 0 Å². The molecule has 2 N–H and O–H groups in total. The number of nitrogens with zero attached hydrogens (tertiary/aromatic N) is 1. The van der Waals surface area contributed by atoms with Crippen molar-refractivity contribution >= 4 is 0 Å². The molecule has 2 heteroatoms. The Morgan fingerprint density at radius 3 is 2.62 bits per heavy atom. The van der Waals surface area contributed by atoms with Crippen LogP contribution in [0.4, 0.5) is 0 Å². The molecule has 0 spiro atoms. The van der Waals surface area contributed by atoms with E-state index in [1.807, 2.05) is 0 Å². The SMILES string of the molecule is CC(CCCN)N(C)CC1CCC1. The predicted octanol–water partition coefficient (Wildman–Crippen LogP) is 1.85. The predicted molar refractivity (Wildman–Crippen MR) is 57.7 cm³/mol. The maximum absolute atomic E-state index is 5.50. The third kappa shape index (κ3) is 3.65. The summed E-state index contributed by atoms with van der Waals surface area (Å²) in [6.07, 6.45) is 6.77. The van der Waals surface area contributed by atoms with Gasteiger partial charge in [-0.05, 0) is 52.1 Å². The van der Waals surface area contributed by atoms with Crippen LogP contribution in [0.15, 0.2) is 0 Å². The summed E-state index contributed by atoms with van der Waals surface area (Å²) in [7, 11) is 2.25. The molecule has 0 aromatic carbocycles. The van der Waals surface area contributed by atoms with Gasteiger partial charge in [-0.25, -0.2) is 0 Å². The maximum atomic E-state index is 5.50. The van der Waals surface area contributed by atoms with E-state index in [1.165, 1.54) is 32.2 Å². The van der Waals surface area contributed by atoms with Gasteiger partial charge in [-0.1, -0.05) is 6.42 Å². The molecule has 1 aliphatic carbocycles. The fourth-order valence-electron chi connectivity index (χ4n) is 1.90. The smallest absolute Gasteiger partial charge is 0.00644 e. The van der Waals surface area contributed by atoms with E-state index >= 15 is 0 Å². The zero-order valence-corrected chi connectivity index (χ0v) is 9.13. The molecule has 2 nitrogen and oxygen atoms in total. The molecule has 0 bridgehead atoms. The van der Waals surface area contributed by atoms with E-state index in [9.17, 15) is 0 Å². The fourth-order valence-corrected chi connectivity index (χ4v) is 1.90. The van der Waals surface area contributed by atoms with E-state index in [-0.39, 0.29) is 0 Å². The van der Waals surface area contributed by atoms with Gasteiger partial charge in [-0.2, -0.15) is 0 Å². The molecule has 0 saturated heterocycles. The average Bonchev–Trinajstić information content (AvgIpc) is 2.06. The van der Waals surface area contributed by atoms with E-state index in [2.05, 4.69) is 18.9 Å². The summed E-state index contributed by atoms with van der Waals surface area (Å²) >= 11 is 0. The first-order chi connectivity index (χ1) is 6.24. The van der Waals surface area contributed by atoms with Crippen LogP contribution in [0.1, 0.15) is 39.0 Å². The number of rotatable bonds is 6. The summed E-state index contributed by atoms with van der Waals surface area (Å²) in [5.74, 6) is 0.991. The molecule has 1 aliphatic rings. The molecule has 1 fully saturated rings. The van der Waals surface area contributed by atoms with Crippen LogP contribution >= 0.6 is 0 Å². The molecule has 13 heavy (non-hydrogen) atoms. The standard InChI is InChI=1S/C11H24N2/c1-10(5-4-8-12)13(2)9-11-6-3-7-11/h10-11H,3-9,12H2,1-2H3. The monoisotopic (exact) mass is 184 g/mol. The van der Waals surface area contributed by atoms with Gasteiger partial charge in [0.2, 0.25) is 0 Å².